The monoisotopic (exact) mass is 383 g/mol. The lowest BCUT2D eigenvalue weighted by molar-refractivity contribution is -0.116. The number of carbonyl (C=O) groups is 1. The Labute approximate surface area is 161 Å². The van der Waals surface area contributed by atoms with E-state index in [2.05, 4.69) is 10.4 Å². The van der Waals surface area contributed by atoms with Crippen molar-refractivity contribution in [3.63, 3.8) is 0 Å². The fourth-order valence-electron chi connectivity index (χ4n) is 3.38. The van der Waals surface area contributed by atoms with Crippen LogP contribution in [0.1, 0.15) is 23.5 Å². The van der Waals surface area contributed by atoms with Gasteiger partial charge < -0.3 is 14.8 Å². The molecule has 0 spiro atoms. The average Bonchev–Trinajstić information content (AvgIpc) is 3.11. The molecule has 4 rings (SSSR count). The van der Waals surface area contributed by atoms with E-state index >= 15 is 0 Å². The van der Waals surface area contributed by atoms with Gasteiger partial charge in [0.1, 0.15) is 17.3 Å². The lowest BCUT2D eigenvalue weighted by Gasteiger charge is -2.25. The highest BCUT2D eigenvalue weighted by Crippen LogP contribution is 2.42. The molecule has 0 fully saturated rings. The van der Waals surface area contributed by atoms with Crippen LogP contribution in [0.15, 0.2) is 48.7 Å². The maximum atomic E-state index is 12.4. The van der Waals surface area contributed by atoms with Gasteiger partial charge in [-0.15, -0.1) is 0 Å². The van der Waals surface area contributed by atoms with Crippen LogP contribution in [0.3, 0.4) is 0 Å². The highest BCUT2D eigenvalue weighted by molar-refractivity contribution is 6.30. The first-order chi connectivity index (χ1) is 13.1. The lowest BCUT2D eigenvalue weighted by atomic mass is 9.86. The third kappa shape index (κ3) is 3.13. The van der Waals surface area contributed by atoms with Crippen LogP contribution in [-0.4, -0.2) is 29.9 Å². The van der Waals surface area contributed by atoms with Gasteiger partial charge in [0.2, 0.25) is 5.91 Å². The number of anilines is 1. The minimum absolute atomic E-state index is 0.0684. The van der Waals surface area contributed by atoms with Crippen molar-refractivity contribution in [2.75, 3.05) is 19.5 Å². The molecule has 1 amide bonds. The maximum Gasteiger partial charge on any atom is 0.226 e. The van der Waals surface area contributed by atoms with Crippen LogP contribution >= 0.6 is 11.6 Å². The van der Waals surface area contributed by atoms with E-state index in [-0.39, 0.29) is 11.8 Å². The molecule has 0 bridgehead atoms. The maximum absolute atomic E-state index is 12.4. The number of halogens is 1. The van der Waals surface area contributed by atoms with Crippen LogP contribution in [0.5, 0.6) is 11.5 Å². The van der Waals surface area contributed by atoms with Gasteiger partial charge in [-0.1, -0.05) is 17.7 Å². The summed E-state index contributed by atoms with van der Waals surface area (Å²) >= 11 is 5.98. The molecule has 6 nitrogen and oxygen atoms in total. The van der Waals surface area contributed by atoms with Crippen LogP contribution in [0.4, 0.5) is 5.82 Å². The van der Waals surface area contributed by atoms with Crippen LogP contribution in [0.25, 0.3) is 5.69 Å². The molecule has 2 heterocycles. The number of carbonyl (C=O) groups excluding carboxylic acids is 1. The molecule has 1 aliphatic rings. The standard InChI is InChI=1S/C20H18ClN3O3/c1-26-14-7-8-15(18(9-14)27-2)16-10-19(25)23-20-17(16)11-22-24(20)13-5-3-12(21)4-6-13/h3-9,11,16H,10H2,1-2H3,(H,23,25). The number of hydrogen-bond donors (Lipinski definition) is 1. The van der Waals surface area contributed by atoms with Gasteiger partial charge in [0.05, 0.1) is 26.1 Å². The van der Waals surface area contributed by atoms with Crippen molar-refractivity contribution >= 4 is 23.3 Å². The summed E-state index contributed by atoms with van der Waals surface area (Å²) in [5, 5.41) is 8.08. The number of fused-ring (bicyclic) bond motifs is 1. The highest BCUT2D eigenvalue weighted by Gasteiger charge is 2.32. The minimum Gasteiger partial charge on any atom is -0.497 e. The summed E-state index contributed by atoms with van der Waals surface area (Å²) in [5.41, 5.74) is 2.68. The summed E-state index contributed by atoms with van der Waals surface area (Å²) in [7, 11) is 3.22. The van der Waals surface area contributed by atoms with E-state index in [1.54, 1.807) is 37.2 Å². The zero-order valence-corrected chi connectivity index (χ0v) is 15.7. The van der Waals surface area contributed by atoms with E-state index in [9.17, 15) is 4.79 Å². The summed E-state index contributed by atoms with van der Waals surface area (Å²) in [6, 6.07) is 12.9. The number of benzene rings is 2. The van der Waals surface area contributed by atoms with Crippen molar-refractivity contribution in [3.8, 4) is 17.2 Å². The Balaban J connectivity index is 1.81. The van der Waals surface area contributed by atoms with Crippen molar-refractivity contribution < 1.29 is 14.3 Å². The van der Waals surface area contributed by atoms with Gasteiger partial charge in [-0.2, -0.15) is 5.10 Å². The Morgan fingerprint density at radius 3 is 2.59 bits per heavy atom. The predicted molar refractivity (Wildman–Crippen MR) is 103 cm³/mol. The molecule has 0 radical (unpaired) electrons. The number of amides is 1. The third-order valence-corrected chi connectivity index (χ3v) is 4.96. The second-order valence-electron chi connectivity index (χ2n) is 6.25. The van der Waals surface area contributed by atoms with Crippen LogP contribution < -0.4 is 14.8 Å². The first-order valence-corrected chi connectivity index (χ1v) is 8.84. The SMILES string of the molecule is COc1ccc(C2CC(=O)Nc3c2cnn3-c2ccc(Cl)cc2)c(OC)c1. The summed E-state index contributed by atoms with van der Waals surface area (Å²) in [5.74, 6) is 1.82. The largest absolute Gasteiger partial charge is 0.497 e. The smallest absolute Gasteiger partial charge is 0.226 e. The van der Waals surface area contributed by atoms with Crippen molar-refractivity contribution in [1.29, 1.82) is 0 Å². The van der Waals surface area contributed by atoms with Gasteiger partial charge in [0.25, 0.3) is 0 Å². The topological polar surface area (TPSA) is 65.4 Å². The number of ether oxygens (including phenoxy) is 2. The van der Waals surface area contributed by atoms with Crippen molar-refractivity contribution in [3.05, 3.63) is 64.8 Å². The molecule has 27 heavy (non-hydrogen) atoms. The molecule has 138 valence electrons. The fraction of sp³-hybridized carbons (Fsp3) is 0.200. The molecular formula is C20H18ClN3O3. The van der Waals surface area contributed by atoms with E-state index in [0.29, 0.717) is 28.8 Å². The Morgan fingerprint density at radius 1 is 1.11 bits per heavy atom. The lowest BCUT2D eigenvalue weighted by Crippen LogP contribution is -2.24. The number of rotatable bonds is 4. The number of nitrogens with zero attached hydrogens (tertiary/aromatic N) is 2. The molecule has 2 aromatic carbocycles. The Bertz CT molecular complexity index is 998. The summed E-state index contributed by atoms with van der Waals surface area (Å²) in [6.07, 6.45) is 2.11. The van der Waals surface area contributed by atoms with Crippen LogP contribution in [0, 0.1) is 0 Å². The average molecular weight is 384 g/mol. The fourth-order valence-corrected chi connectivity index (χ4v) is 3.51. The second-order valence-corrected chi connectivity index (χ2v) is 6.69. The number of nitrogens with one attached hydrogen (secondary N) is 1. The quantitative estimate of drug-likeness (QED) is 0.739. The van der Waals surface area contributed by atoms with Crippen molar-refractivity contribution in [2.24, 2.45) is 0 Å². The van der Waals surface area contributed by atoms with E-state index in [1.165, 1.54) is 0 Å². The minimum atomic E-state index is -0.157. The van der Waals surface area contributed by atoms with Gasteiger partial charge in [-0.05, 0) is 30.3 Å². The van der Waals surface area contributed by atoms with Crippen LogP contribution in [-0.2, 0) is 4.79 Å². The molecule has 1 unspecified atom stereocenters. The van der Waals surface area contributed by atoms with E-state index in [1.807, 2.05) is 30.3 Å². The Morgan fingerprint density at radius 2 is 1.89 bits per heavy atom. The number of aromatic nitrogens is 2. The summed E-state index contributed by atoms with van der Waals surface area (Å²) in [4.78, 5) is 12.4. The van der Waals surface area contributed by atoms with Gasteiger partial charge in [-0.25, -0.2) is 4.68 Å². The molecule has 0 aliphatic carbocycles. The first-order valence-electron chi connectivity index (χ1n) is 8.46. The summed E-state index contributed by atoms with van der Waals surface area (Å²) in [6.45, 7) is 0. The normalized spacial score (nSPS) is 15.8. The highest BCUT2D eigenvalue weighted by atomic mass is 35.5. The molecule has 3 aromatic rings. The molecular weight excluding hydrogens is 366 g/mol. The van der Waals surface area contributed by atoms with Gasteiger partial charge in [-0.3, -0.25) is 4.79 Å². The zero-order chi connectivity index (χ0) is 19.0. The van der Waals surface area contributed by atoms with Gasteiger partial charge >= 0.3 is 0 Å². The Kier molecular flexibility index (Phi) is 4.49. The second kappa shape index (κ2) is 6.96. The van der Waals surface area contributed by atoms with E-state index in [4.69, 9.17) is 21.1 Å². The predicted octanol–water partition coefficient (Wildman–Crippen LogP) is 4.02. The van der Waals surface area contributed by atoms with E-state index < -0.39 is 0 Å². The molecule has 0 saturated carbocycles. The molecule has 1 aromatic heterocycles. The van der Waals surface area contributed by atoms with E-state index in [0.717, 1.165) is 16.8 Å². The molecule has 0 saturated heterocycles. The molecule has 1 N–H and O–H groups in total. The summed E-state index contributed by atoms with van der Waals surface area (Å²) < 4.78 is 12.5. The Hall–Kier alpha value is -2.99. The molecule has 1 atom stereocenters. The number of methoxy groups -OCH3 is 2. The zero-order valence-electron chi connectivity index (χ0n) is 14.9. The number of hydrogen-bond acceptors (Lipinski definition) is 4. The van der Waals surface area contributed by atoms with Crippen LogP contribution in [0.2, 0.25) is 5.02 Å². The molecule has 1 aliphatic heterocycles. The van der Waals surface area contributed by atoms with Gasteiger partial charge in [0.15, 0.2) is 0 Å². The first kappa shape index (κ1) is 17.4. The third-order valence-electron chi connectivity index (χ3n) is 4.71. The van der Waals surface area contributed by atoms with Gasteiger partial charge in [0, 0.05) is 34.6 Å². The van der Waals surface area contributed by atoms with Crippen molar-refractivity contribution in [1.82, 2.24) is 9.78 Å². The van der Waals surface area contributed by atoms with Crippen molar-refractivity contribution in [2.45, 2.75) is 12.3 Å². The molecule has 7 heteroatoms.